The fourth-order valence-corrected chi connectivity index (χ4v) is 6.13. The van der Waals surface area contributed by atoms with Crippen molar-refractivity contribution in [2.45, 2.75) is 90.1 Å². The number of carbonyl (C=O) groups is 3. The first kappa shape index (κ1) is 26.5. The van der Waals surface area contributed by atoms with Gasteiger partial charge in [-0.3, -0.25) is 14.4 Å². The van der Waals surface area contributed by atoms with Crippen molar-refractivity contribution >= 4 is 17.7 Å². The van der Waals surface area contributed by atoms with Gasteiger partial charge in [-0.2, -0.15) is 0 Å². The van der Waals surface area contributed by atoms with E-state index in [4.69, 9.17) is 4.74 Å². The molecule has 198 valence electrons. The number of piperazine rings is 1. The van der Waals surface area contributed by atoms with Gasteiger partial charge in [0.1, 0.15) is 5.75 Å². The number of hydrogen-bond acceptors (Lipinski definition) is 4. The Hall–Kier alpha value is -2.57. The third-order valence-electron chi connectivity index (χ3n) is 8.36. The van der Waals surface area contributed by atoms with Crippen LogP contribution in [-0.2, 0) is 9.59 Å². The Balaban J connectivity index is 1.20. The summed E-state index contributed by atoms with van der Waals surface area (Å²) < 4.78 is 5.74. The summed E-state index contributed by atoms with van der Waals surface area (Å²) in [4.78, 5) is 44.0. The zero-order valence-electron chi connectivity index (χ0n) is 22.1. The summed E-state index contributed by atoms with van der Waals surface area (Å²) in [5.41, 5.74) is 0.601. The van der Waals surface area contributed by atoms with Crippen LogP contribution in [0.5, 0.6) is 5.75 Å². The first-order valence-electron chi connectivity index (χ1n) is 14.0. The molecule has 36 heavy (non-hydrogen) atoms. The number of benzene rings is 1. The van der Waals surface area contributed by atoms with Gasteiger partial charge in [0.15, 0.2) is 6.61 Å². The lowest BCUT2D eigenvalue weighted by Crippen LogP contribution is -2.50. The average molecular weight is 498 g/mol. The standard InChI is InChI=1S/C29H43N3O4/c1-22-7-6-8-23(2)32(22)28(34)21-36-26-14-12-25(13-15-26)29(35)31-19-17-30(18-20-31)27(33)16-11-24-9-4-3-5-10-24/h12-15,22-24H,3-11,16-21H2,1-2H3. The van der Waals surface area contributed by atoms with Crippen molar-refractivity contribution in [2.24, 2.45) is 5.92 Å². The minimum absolute atomic E-state index is 0.0126. The zero-order chi connectivity index (χ0) is 25.5. The van der Waals surface area contributed by atoms with Gasteiger partial charge in [0.05, 0.1) is 0 Å². The van der Waals surface area contributed by atoms with Crippen LogP contribution in [-0.4, -0.2) is 77.3 Å². The van der Waals surface area contributed by atoms with E-state index in [0.29, 0.717) is 49.8 Å². The van der Waals surface area contributed by atoms with Crippen LogP contribution >= 0.6 is 0 Å². The van der Waals surface area contributed by atoms with Crippen LogP contribution in [0.15, 0.2) is 24.3 Å². The summed E-state index contributed by atoms with van der Waals surface area (Å²) in [5, 5.41) is 0. The van der Waals surface area contributed by atoms with Gasteiger partial charge in [0, 0.05) is 50.2 Å². The Morgan fingerprint density at radius 2 is 1.39 bits per heavy atom. The molecule has 4 rings (SSSR count). The van der Waals surface area contributed by atoms with Crippen molar-refractivity contribution in [3.8, 4) is 5.75 Å². The van der Waals surface area contributed by atoms with Crippen molar-refractivity contribution < 1.29 is 19.1 Å². The van der Waals surface area contributed by atoms with Gasteiger partial charge in [-0.15, -0.1) is 0 Å². The maximum Gasteiger partial charge on any atom is 0.260 e. The van der Waals surface area contributed by atoms with Gasteiger partial charge in [0.25, 0.3) is 11.8 Å². The fraction of sp³-hybridized carbons (Fsp3) is 0.690. The van der Waals surface area contributed by atoms with Gasteiger partial charge in [-0.1, -0.05) is 32.1 Å². The van der Waals surface area contributed by atoms with E-state index in [0.717, 1.165) is 25.7 Å². The molecule has 0 aromatic heterocycles. The van der Waals surface area contributed by atoms with Gasteiger partial charge < -0.3 is 19.4 Å². The number of rotatable bonds is 7. The first-order valence-corrected chi connectivity index (χ1v) is 14.0. The van der Waals surface area contributed by atoms with Gasteiger partial charge in [-0.05, 0) is 69.7 Å². The third kappa shape index (κ3) is 6.80. The highest BCUT2D eigenvalue weighted by atomic mass is 16.5. The van der Waals surface area contributed by atoms with E-state index in [1.165, 1.54) is 32.1 Å². The lowest BCUT2D eigenvalue weighted by Gasteiger charge is -2.39. The van der Waals surface area contributed by atoms with Crippen molar-refractivity contribution in [3.63, 3.8) is 0 Å². The lowest BCUT2D eigenvalue weighted by atomic mass is 9.86. The highest BCUT2D eigenvalue weighted by Crippen LogP contribution is 2.28. The maximum atomic E-state index is 13.0. The molecule has 1 aromatic carbocycles. The van der Waals surface area contributed by atoms with E-state index in [9.17, 15) is 14.4 Å². The first-order chi connectivity index (χ1) is 17.4. The van der Waals surface area contributed by atoms with E-state index in [2.05, 4.69) is 13.8 Å². The Labute approximate surface area is 216 Å². The molecule has 2 atom stereocenters. The summed E-state index contributed by atoms with van der Waals surface area (Å²) in [6, 6.07) is 7.53. The second-order valence-corrected chi connectivity index (χ2v) is 11.0. The van der Waals surface area contributed by atoms with Crippen molar-refractivity contribution in [3.05, 3.63) is 29.8 Å². The molecule has 0 bridgehead atoms. The molecule has 3 amide bonds. The molecule has 2 saturated heterocycles. The summed E-state index contributed by atoms with van der Waals surface area (Å²) in [6.45, 7) is 6.54. The molecule has 7 heteroatoms. The Morgan fingerprint density at radius 1 is 0.778 bits per heavy atom. The predicted molar refractivity (Wildman–Crippen MR) is 140 cm³/mol. The van der Waals surface area contributed by atoms with Crippen LogP contribution in [0.2, 0.25) is 0 Å². The number of nitrogens with zero attached hydrogens (tertiary/aromatic N) is 3. The van der Waals surface area contributed by atoms with E-state index < -0.39 is 0 Å². The molecule has 0 spiro atoms. The highest BCUT2D eigenvalue weighted by molar-refractivity contribution is 5.94. The molecule has 3 fully saturated rings. The Morgan fingerprint density at radius 3 is 2.03 bits per heavy atom. The summed E-state index contributed by atoms with van der Waals surface area (Å²) >= 11 is 0. The normalized spacial score (nSPS) is 23.4. The minimum atomic E-state index is -0.0251. The highest BCUT2D eigenvalue weighted by Gasteiger charge is 2.29. The molecular weight excluding hydrogens is 454 g/mol. The van der Waals surface area contributed by atoms with Crippen LogP contribution in [0.25, 0.3) is 0 Å². The van der Waals surface area contributed by atoms with Crippen molar-refractivity contribution in [1.82, 2.24) is 14.7 Å². The van der Waals surface area contributed by atoms with Crippen LogP contribution in [0.4, 0.5) is 0 Å². The SMILES string of the molecule is CC1CCCC(C)N1C(=O)COc1ccc(C(=O)N2CCN(C(=O)CCC3CCCCC3)CC2)cc1. The van der Waals surface area contributed by atoms with Crippen molar-refractivity contribution in [2.75, 3.05) is 32.8 Å². The average Bonchev–Trinajstić information content (AvgIpc) is 2.91. The number of ether oxygens (including phenoxy) is 1. The molecule has 1 aliphatic carbocycles. The number of likely N-dealkylation sites (tertiary alicyclic amines) is 1. The number of amides is 3. The second kappa shape index (κ2) is 12.6. The Bertz CT molecular complexity index is 878. The molecule has 0 N–H and O–H groups in total. The van der Waals surface area contributed by atoms with Gasteiger partial charge >= 0.3 is 0 Å². The second-order valence-electron chi connectivity index (χ2n) is 11.0. The lowest BCUT2D eigenvalue weighted by molar-refractivity contribution is -0.139. The summed E-state index contributed by atoms with van der Waals surface area (Å²) in [5.74, 6) is 1.53. The number of hydrogen-bond donors (Lipinski definition) is 0. The topological polar surface area (TPSA) is 70.2 Å². The molecule has 2 unspecified atom stereocenters. The molecule has 1 aromatic rings. The molecule has 3 aliphatic rings. The molecule has 2 aliphatic heterocycles. The van der Waals surface area contributed by atoms with Crippen molar-refractivity contribution in [1.29, 1.82) is 0 Å². The predicted octanol–water partition coefficient (Wildman–Crippen LogP) is 4.50. The largest absolute Gasteiger partial charge is 0.484 e. The van der Waals surface area contributed by atoms with Gasteiger partial charge in [-0.25, -0.2) is 0 Å². The zero-order valence-corrected chi connectivity index (χ0v) is 22.1. The maximum absolute atomic E-state index is 13.0. The van der Waals surface area contributed by atoms with Crippen LogP contribution in [0.3, 0.4) is 0 Å². The van der Waals surface area contributed by atoms with Crippen LogP contribution in [0.1, 0.15) is 88.4 Å². The minimum Gasteiger partial charge on any atom is -0.484 e. The number of piperidine rings is 1. The van der Waals surface area contributed by atoms with E-state index in [-0.39, 0.29) is 36.4 Å². The summed E-state index contributed by atoms with van der Waals surface area (Å²) in [7, 11) is 0. The summed E-state index contributed by atoms with van der Waals surface area (Å²) in [6.07, 6.45) is 11.4. The monoisotopic (exact) mass is 497 g/mol. The van der Waals surface area contributed by atoms with Gasteiger partial charge in [0.2, 0.25) is 5.91 Å². The van der Waals surface area contributed by atoms with E-state index in [1.54, 1.807) is 24.3 Å². The fourth-order valence-electron chi connectivity index (χ4n) is 6.13. The Kier molecular flexibility index (Phi) is 9.27. The molecule has 0 radical (unpaired) electrons. The van der Waals surface area contributed by atoms with E-state index in [1.807, 2.05) is 14.7 Å². The van der Waals surface area contributed by atoms with Crippen LogP contribution in [0, 0.1) is 5.92 Å². The van der Waals surface area contributed by atoms with Crippen LogP contribution < -0.4 is 4.74 Å². The molecule has 2 heterocycles. The third-order valence-corrected chi connectivity index (χ3v) is 8.36. The molecular formula is C29H43N3O4. The molecule has 1 saturated carbocycles. The quantitative estimate of drug-likeness (QED) is 0.556. The number of carbonyl (C=O) groups excluding carboxylic acids is 3. The van der Waals surface area contributed by atoms with E-state index >= 15 is 0 Å². The molecule has 7 nitrogen and oxygen atoms in total. The smallest absolute Gasteiger partial charge is 0.260 e.